The first-order valence-electron chi connectivity index (χ1n) is 8.16. The summed E-state index contributed by atoms with van der Waals surface area (Å²) in [6.07, 6.45) is 1.83. The number of aromatic hydroxyl groups is 2. The molecule has 0 saturated carbocycles. The molecular formula is C19H21NO3. The molecule has 3 N–H and O–H groups in total. The van der Waals surface area contributed by atoms with E-state index in [4.69, 9.17) is 0 Å². The van der Waals surface area contributed by atoms with Gasteiger partial charge in [-0.05, 0) is 41.2 Å². The van der Waals surface area contributed by atoms with Crippen molar-refractivity contribution in [3.05, 3.63) is 58.1 Å². The number of rotatable bonds is 2. The van der Waals surface area contributed by atoms with Crippen molar-refractivity contribution >= 4 is 0 Å². The Morgan fingerprint density at radius 2 is 1.87 bits per heavy atom. The summed E-state index contributed by atoms with van der Waals surface area (Å²) in [6, 6.07) is 10.2. The van der Waals surface area contributed by atoms with Crippen molar-refractivity contribution in [3.8, 4) is 11.5 Å². The normalized spacial score (nSPS) is 19.8. The second-order valence-corrected chi connectivity index (χ2v) is 6.51. The van der Waals surface area contributed by atoms with E-state index < -0.39 is 0 Å². The second-order valence-electron chi connectivity index (χ2n) is 6.51. The highest BCUT2D eigenvalue weighted by molar-refractivity contribution is 5.59. The van der Waals surface area contributed by atoms with Crippen LogP contribution in [-0.4, -0.2) is 39.9 Å². The molecule has 1 atom stereocenters. The number of hydrogen-bond acceptors (Lipinski definition) is 4. The Labute approximate surface area is 135 Å². The molecule has 0 aromatic heterocycles. The minimum atomic E-state index is -0.0331. The van der Waals surface area contributed by atoms with E-state index in [2.05, 4.69) is 29.2 Å². The number of benzene rings is 2. The molecule has 1 aliphatic carbocycles. The predicted octanol–water partition coefficient (Wildman–Crippen LogP) is 2.14. The lowest BCUT2D eigenvalue weighted by Crippen LogP contribution is -2.36. The molecule has 0 spiro atoms. The molecule has 0 bridgehead atoms. The van der Waals surface area contributed by atoms with E-state index in [1.807, 2.05) is 0 Å². The summed E-state index contributed by atoms with van der Waals surface area (Å²) in [5.41, 5.74) is 5.78. The van der Waals surface area contributed by atoms with Gasteiger partial charge in [0, 0.05) is 31.1 Å². The van der Waals surface area contributed by atoms with Crippen LogP contribution in [0.15, 0.2) is 30.3 Å². The fourth-order valence-corrected chi connectivity index (χ4v) is 4.16. The number of fused-ring (bicyclic) bond motifs is 2. The first-order valence-corrected chi connectivity index (χ1v) is 8.16. The van der Waals surface area contributed by atoms with Crippen molar-refractivity contribution in [3.63, 3.8) is 0 Å². The molecule has 120 valence electrons. The number of β-amino-alcohol motifs (C(OH)–C–C–N with tert-alkyl or cyclic N) is 1. The summed E-state index contributed by atoms with van der Waals surface area (Å²) in [6.45, 7) is 2.07. The van der Waals surface area contributed by atoms with Crippen molar-refractivity contribution in [1.29, 1.82) is 0 Å². The van der Waals surface area contributed by atoms with E-state index in [1.54, 1.807) is 6.07 Å². The van der Waals surface area contributed by atoms with Crippen LogP contribution in [0.25, 0.3) is 0 Å². The van der Waals surface area contributed by atoms with E-state index in [0.29, 0.717) is 13.1 Å². The van der Waals surface area contributed by atoms with Gasteiger partial charge in [0.05, 0.1) is 6.61 Å². The third-order valence-electron chi connectivity index (χ3n) is 5.19. The Morgan fingerprint density at radius 3 is 2.70 bits per heavy atom. The fraction of sp³-hybridized carbons (Fsp3) is 0.368. The largest absolute Gasteiger partial charge is 0.504 e. The van der Waals surface area contributed by atoms with Crippen molar-refractivity contribution in [1.82, 2.24) is 4.90 Å². The van der Waals surface area contributed by atoms with Crippen LogP contribution < -0.4 is 0 Å². The van der Waals surface area contributed by atoms with Crippen molar-refractivity contribution in [2.45, 2.75) is 25.3 Å². The summed E-state index contributed by atoms with van der Waals surface area (Å²) in [4.78, 5) is 2.15. The van der Waals surface area contributed by atoms with Gasteiger partial charge >= 0.3 is 0 Å². The van der Waals surface area contributed by atoms with Gasteiger partial charge in [0.25, 0.3) is 0 Å². The molecule has 1 aliphatic heterocycles. The third kappa shape index (κ3) is 2.30. The number of aryl methyl sites for hydroxylation is 2. The Morgan fingerprint density at radius 1 is 1.09 bits per heavy atom. The number of phenols is 2. The molecule has 0 radical (unpaired) electrons. The molecule has 4 nitrogen and oxygen atoms in total. The SMILES string of the molecule is OCCN1Cc2c(O)c(O)cc3c2C(C1)c1ccccc1CC3. The number of phenolic OH excluding ortho intramolecular Hbond substituents is 2. The molecule has 4 rings (SSSR count). The van der Waals surface area contributed by atoms with Gasteiger partial charge in [-0.2, -0.15) is 0 Å². The van der Waals surface area contributed by atoms with Gasteiger partial charge in [0.15, 0.2) is 11.5 Å². The first-order chi connectivity index (χ1) is 11.2. The number of aliphatic hydroxyl groups excluding tert-OH is 1. The van der Waals surface area contributed by atoms with Crippen LogP contribution >= 0.6 is 0 Å². The maximum Gasteiger partial charge on any atom is 0.162 e. The highest BCUT2D eigenvalue weighted by Crippen LogP contribution is 2.46. The molecular weight excluding hydrogens is 290 g/mol. The van der Waals surface area contributed by atoms with Gasteiger partial charge in [-0.25, -0.2) is 0 Å². The molecule has 0 amide bonds. The zero-order valence-electron chi connectivity index (χ0n) is 13.0. The van der Waals surface area contributed by atoms with Gasteiger partial charge in [0.2, 0.25) is 0 Å². The van der Waals surface area contributed by atoms with Crippen LogP contribution in [0.3, 0.4) is 0 Å². The molecule has 23 heavy (non-hydrogen) atoms. The van der Waals surface area contributed by atoms with Crippen LogP contribution in [-0.2, 0) is 19.4 Å². The fourth-order valence-electron chi connectivity index (χ4n) is 4.16. The molecule has 2 aromatic rings. The van der Waals surface area contributed by atoms with Gasteiger partial charge in [0.1, 0.15) is 0 Å². The van der Waals surface area contributed by atoms with Crippen LogP contribution in [0.1, 0.15) is 33.7 Å². The molecule has 4 heteroatoms. The second kappa shape index (κ2) is 5.55. The van der Waals surface area contributed by atoms with Crippen LogP contribution in [0, 0.1) is 0 Å². The minimum Gasteiger partial charge on any atom is -0.504 e. The number of hydrogen-bond donors (Lipinski definition) is 3. The Hall–Kier alpha value is -2.04. The molecule has 2 aromatic carbocycles. The predicted molar refractivity (Wildman–Crippen MR) is 87.8 cm³/mol. The van der Waals surface area contributed by atoms with Crippen molar-refractivity contribution in [2.24, 2.45) is 0 Å². The monoisotopic (exact) mass is 311 g/mol. The zero-order chi connectivity index (χ0) is 16.0. The van der Waals surface area contributed by atoms with Crippen LogP contribution in [0.2, 0.25) is 0 Å². The lowest BCUT2D eigenvalue weighted by atomic mass is 9.81. The molecule has 2 aliphatic rings. The quantitative estimate of drug-likeness (QED) is 0.744. The van der Waals surface area contributed by atoms with E-state index in [-0.39, 0.29) is 24.0 Å². The Kier molecular flexibility index (Phi) is 3.51. The Bertz CT molecular complexity index is 757. The van der Waals surface area contributed by atoms with Crippen molar-refractivity contribution < 1.29 is 15.3 Å². The zero-order valence-corrected chi connectivity index (χ0v) is 13.0. The van der Waals surface area contributed by atoms with Gasteiger partial charge in [-0.15, -0.1) is 0 Å². The molecule has 0 fully saturated rings. The molecule has 0 saturated heterocycles. The summed E-state index contributed by atoms with van der Waals surface area (Å²) < 4.78 is 0. The minimum absolute atomic E-state index is 0.00392. The lowest BCUT2D eigenvalue weighted by molar-refractivity contribution is 0.175. The van der Waals surface area contributed by atoms with Gasteiger partial charge in [-0.1, -0.05) is 24.3 Å². The maximum atomic E-state index is 10.4. The summed E-state index contributed by atoms with van der Waals surface area (Å²) in [7, 11) is 0. The number of nitrogens with zero attached hydrogens (tertiary/aromatic N) is 1. The lowest BCUT2D eigenvalue weighted by Gasteiger charge is -2.36. The van der Waals surface area contributed by atoms with Crippen LogP contribution in [0.4, 0.5) is 0 Å². The standard InChI is InChI=1S/C19H21NO3/c21-8-7-20-10-15-14-4-2-1-3-12(14)5-6-13-9-17(22)19(23)16(11-20)18(13)15/h1-4,9,15,21-23H,5-8,10-11H2. The molecule has 1 heterocycles. The van der Waals surface area contributed by atoms with E-state index >= 15 is 0 Å². The van der Waals surface area contributed by atoms with Crippen LogP contribution in [0.5, 0.6) is 11.5 Å². The molecule has 1 unspecified atom stereocenters. The average Bonchev–Trinajstić information content (AvgIpc) is 2.71. The van der Waals surface area contributed by atoms with Gasteiger partial charge in [-0.3, -0.25) is 4.90 Å². The highest BCUT2D eigenvalue weighted by atomic mass is 16.3. The summed E-state index contributed by atoms with van der Waals surface area (Å²) >= 11 is 0. The topological polar surface area (TPSA) is 63.9 Å². The van der Waals surface area contributed by atoms with E-state index in [0.717, 1.165) is 30.5 Å². The van der Waals surface area contributed by atoms with E-state index in [1.165, 1.54) is 16.7 Å². The first kappa shape index (κ1) is 14.5. The smallest absolute Gasteiger partial charge is 0.162 e. The third-order valence-corrected chi connectivity index (χ3v) is 5.19. The average molecular weight is 311 g/mol. The number of aliphatic hydroxyl groups is 1. The summed E-state index contributed by atoms with van der Waals surface area (Å²) in [5, 5.41) is 29.8. The Balaban J connectivity index is 1.93. The maximum absolute atomic E-state index is 10.4. The van der Waals surface area contributed by atoms with Crippen molar-refractivity contribution in [2.75, 3.05) is 19.7 Å². The van der Waals surface area contributed by atoms with E-state index in [9.17, 15) is 15.3 Å². The van der Waals surface area contributed by atoms with Gasteiger partial charge < -0.3 is 15.3 Å². The highest BCUT2D eigenvalue weighted by Gasteiger charge is 2.34. The summed E-state index contributed by atoms with van der Waals surface area (Å²) in [5.74, 6) is 0.149.